The summed E-state index contributed by atoms with van der Waals surface area (Å²) in [4.78, 5) is 7.43. The first kappa shape index (κ1) is 16.7. The fourth-order valence-corrected chi connectivity index (χ4v) is 5.32. The molecule has 1 saturated heterocycles. The molecule has 0 aliphatic carbocycles. The number of fused-ring (bicyclic) bond motifs is 2. The van der Waals surface area contributed by atoms with Crippen LogP contribution in [0.3, 0.4) is 0 Å². The Bertz CT molecular complexity index is 1070. The zero-order chi connectivity index (χ0) is 18.2. The van der Waals surface area contributed by atoms with E-state index in [4.69, 9.17) is 4.98 Å². The normalized spacial score (nSPS) is 18.3. The number of likely N-dealkylation sites (tertiary alicyclic amines) is 1. The number of para-hydroxylation sites is 1. The Morgan fingerprint density at radius 2 is 1.85 bits per heavy atom. The molecule has 2 heterocycles. The number of nitrogens with zero attached hydrogens (tertiary/aromatic N) is 2. The van der Waals surface area contributed by atoms with Crippen molar-refractivity contribution in [3.05, 3.63) is 71.2 Å². The lowest BCUT2D eigenvalue weighted by Crippen LogP contribution is -2.33. The van der Waals surface area contributed by atoms with Gasteiger partial charge in [-0.1, -0.05) is 48.9 Å². The number of hydrogen-bond donors (Lipinski definition) is 1. The summed E-state index contributed by atoms with van der Waals surface area (Å²) in [7, 11) is 0. The van der Waals surface area contributed by atoms with Crippen molar-refractivity contribution in [1.82, 2.24) is 9.88 Å². The van der Waals surface area contributed by atoms with Gasteiger partial charge < -0.3 is 5.11 Å². The molecule has 1 N–H and O–H groups in total. The van der Waals surface area contributed by atoms with Gasteiger partial charge in [-0.25, -0.2) is 4.98 Å². The van der Waals surface area contributed by atoms with Gasteiger partial charge in [0, 0.05) is 12.1 Å². The Morgan fingerprint density at radius 1 is 1.00 bits per heavy atom. The molecule has 0 spiro atoms. The van der Waals surface area contributed by atoms with E-state index in [1.807, 2.05) is 35.6 Å². The zero-order valence-electron chi connectivity index (χ0n) is 15.1. The third kappa shape index (κ3) is 3.09. The average Bonchev–Trinajstić information content (AvgIpc) is 3.14. The molecule has 1 unspecified atom stereocenters. The van der Waals surface area contributed by atoms with Gasteiger partial charge in [-0.05, 0) is 48.4 Å². The van der Waals surface area contributed by atoms with Crippen LogP contribution in [0.2, 0.25) is 0 Å². The molecule has 136 valence electrons. The number of aromatic hydroxyl groups is 1. The Kier molecular flexibility index (Phi) is 4.30. The van der Waals surface area contributed by atoms with E-state index in [0.29, 0.717) is 11.8 Å². The monoisotopic (exact) mass is 374 g/mol. The van der Waals surface area contributed by atoms with Crippen LogP contribution in [0, 0.1) is 0 Å². The van der Waals surface area contributed by atoms with Gasteiger partial charge in [-0.2, -0.15) is 0 Å². The standard InChI is InChI=1S/C23H22N2OS/c26-21-13-12-16-7-1-2-8-17(16)18(21)15-25-14-6-5-10-20(25)23-24-19-9-3-4-11-22(19)27-23/h1-4,7-9,11-13,20,26H,5-6,10,14-15H2. The van der Waals surface area contributed by atoms with Crippen LogP contribution in [0.4, 0.5) is 0 Å². The fraction of sp³-hybridized carbons (Fsp3) is 0.261. The fourth-order valence-electron chi connectivity index (χ4n) is 4.19. The maximum atomic E-state index is 10.6. The lowest BCUT2D eigenvalue weighted by atomic mass is 9.98. The van der Waals surface area contributed by atoms with Gasteiger partial charge in [0.2, 0.25) is 0 Å². The van der Waals surface area contributed by atoms with Gasteiger partial charge >= 0.3 is 0 Å². The molecule has 3 nitrogen and oxygen atoms in total. The van der Waals surface area contributed by atoms with Crippen LogP contribution in [0.1, 0.15) is 35.9 Å². The number of benzene rings is 3. The first-order valence-corrected chi connectivity index (χ1v) is 10.4. The molecule has 1 aliphatic heterocycles. The third-order valence-corrected chi connectivity index (χ3v) is 6.72. The average molecular weight is 375 g/mol. The molecule has 0 radical (unpaired) electrons. The Balaban J connectivity index is 1.52. The summed E-state index contributed by atoms with van der Waals surface area (Å²) in [5.41, 5.74) is 2.12. The first-order valence-electron chi connectivity index (χ1n) is 9.59. The minimum atomic E-state index is 0.328. The molecule has 0 bridgehead atoms. The smallest absolute Gasteiger partial charge is 0.120 e. The Labute approximate surface area is 162 Å². The van der Waals surface area contributed by atoms with Crippen LogP contribution in [-0.2, 0) is 6.54 Å². The number of hydrogen-bond acceptors (Lipinski definition) is 4. The topological polar surface area (TPSA) is 36.4 Å². The maximum Gasteiger partial charge on any atom is 0.120 e. The van der Waals surface area contributed by atoms with E-state index in [2.05, 4.69) is 41.3 Å². The number of piperidine rings is 1. The van der Waals surface area contributed by atoms with E-state index in [1.54, 1.807) is 0 Å². The SMILES string of the molecule is Oc1ccc2ccccc2c1CN1CCCCC1c1nc2ccccc2s1. The molecule has 1 atom stereocenters. The van der Waals surface area contributed by atoms with Crippen LogP contribution in [0.5, 0.6) is 5.75 Å². The quantitative estimate of drug-likeness (QED) is 0.486. The number of rotatable bonds is 3. The largest absolute Gasteiger partial charge is 0.508 e. The molecule has 3 aromatic carbocycles. The van der Waals surface area contributed by atoms with Crippen LogP contribution in [-0.4, -0.2) is 21.5 Å². The van der Waals surface area contributed by atoms with Crippen molar-refractivity contribution >= 4 is 32.3 Å². The Hall–Kier alpha value is -2.43. The second-order valence-corrected chi connectivity index (χ2v) is 8.35. The zero-order valence-corrected chi connectivity index (χ0v) is 16.0. The van der Waals surface area contributed by atoms with Gasteiger partial charge in [-0.3, -0.25) is 4.90 Å². The highest BCUT2D eigenvalue weighted by atomic mass is 32.1. The predicted molar refractivity (Wildman–Crippen MR) is 112 cm³/mol. The summed E-state index contributed by atoms with van der Waals surface area (Å²) in [6.45, 7) is 1.80. The highest BCUT2D eigenvalue weighted by Gasteiger charge is 2.27. The molecule has 0 amide bonds. The highest BCUT2D eigenvalue weighted by Crippen LogP contribution is 2.38. The number of phenols is 1. The van der Waals surface area contributed by atoms with Crippen molar-refractivity contribution in [2.24, 2.45) is 0 Å². The summed E-state index contributed by atoms with van der Waals surface area (Å²) in [6, 6.07) is 20.9. The Morgan fingerprint density at radius 3 is 2.78 bits per heavy atom. The van der Waals surface area contributed by atoms with Crippen molar-refractivity contribution in [2.75, 3.05) is 6.54 Å². The molecule has 0 saturated carbocycles. The lowest BCUT2D eigenvalue weighted by molar-refractivity contribution is 0.139. The second-order valence-electron chi connectivity index (χ2n) is 7.29. The second kappa shape index (κ2) is 6.95. The minimum Gasteiger partial charge on any atom is -0.508 e. The van der Waals surface area contributed by atoms with E-state index < -0.39 is 0 Å². The summed E-state index contributed by atoms with van der Waals surface area (Å²) in [6.07, 6.45) is 3.57. The van der Waals surface area contributed by atoms with Crippen molar-refractivity contribution in [2.45, 2.75) is 31.8 Å². The first-order chi connectivity index (χ1) is 13.3. The van der Waals surface area contributed by atoms with E-state index in [0.717, 1.165) is 36.0 Å². The number of thiazole rings is 1. The molecule has 4 heteroatoms. The summed E-state index contributed by atoms with van der Waals surface area (Å²) < 4.78 is 1.26. The van der Waals surface area contributed by atoms with E-state index >= 15 is 0 Å². The molecule has 4 aromatic rings. The van der Waals surface area contributed by atoms with Crippen molar-refractivity contribution in [3.8, 4) is 5.75 Å². The molecule has 1 aromatic heterocycles. The van der Waals surface area contributed by atoms with Gasteiger partial charge in [0.25, 0.3) is 0 Å². The van der Waals surface area contributed by atoms with Crippen LogP contribution in [0.15, 0.2) is 60.7 Å². The van der Waals surface area contributed by atoms with Gasteiger partial charge in [0.1, 0.15) is 10.8 Å². The molecule has 1 aliphatic rings. The number of phenolic OH excluding ortho intramolecular Hbond substituents is 1. The van der Waals surface area contributed by atoms with Crippen molar-refractivity contribution in [3.63, 3.8) is 0 Å². The van der Waals surface area contributed by atoms with Gasteiger partial charge in [0.05, 0.1) is 16.3 Å². The summed E-state index contributed by atoms with van der Waals surface area (Å²) >= 11 is 1.81. The van der Waals surface area contributed by atoms with Crippen LogP contribution < -0.4 is 0 Å². The van der Waals surface area contributed by atoms with E-state index in [1.165, 1.54) is 27.9 Å². The minimum absolute atomic E-state index is 0.328. The van der Waals surface area contributed by atoms with Gasteiger partial charge in [-0.15, -0.1) is 11.3 Å². The van der Waals surface area contributed by atoms with Crippen LogP contribution in [0.25, 0.3) is 21.0 Å². The number of aromatic nitrogens is 1. The summed E-state index contributed by atoms with van der Waals surface area (Å²) in [5, 5.41) is 14.1. The predicted octanol–water partition coefficient (Wildman–Crippen LogP) is 5.88. The van der Waals surface area contributed by atoms with E-state index in [-0.39, 0.29) is 0 Å². The maximum absolute atomic E-state index is 10.6. The molecule has 1 fully saturated rings. The van der Waals surface area contributed by atoms with Gasteiger partial charge in [0.15, 0.2) is 0 Å². The lowest BCUT2D eigenvalue weighted by Gasteiger charge is -2.34. The van der Waals surface area contributed by atoms with Crippen molar-refractivity contribution in [1.29, 1.82) is 0 Å². The highest BCUT2D eigenvalue weighted by molar-refractivity contribution is 7.18. The molecular formula is C23H22N2OS. The van der Waals surface area contributed by atoms with Crippen LogP contribution >= 0.6 is 11.3 Å². The molecule has 27 heavy (non-hydrogen) atoms. The van der Waals surface area contributed by atoms with E-state index in [9.17, 15) is 5.11 Å². The summed E-state index contributed by atoms with van der Waals surface area (Å²) in [5.74, 6) is 0.391. The molecule has 5 rings (SSSR count). The molecular weight excluding hydrogens is 352 g/mol. The van der Waals surface area contributed by atoms with Crippen molar-refractivity contribution < 1.29 is 5.11 Å². The third-order valence-electron chi connectivity index (χ3n) is 5.59.